The second-order valence-corrected chi connectivity index (χ2v) is 2.53. The van der Waals surface area contributed by atoms with E-state index in [0.29, 0.717) is 0 Å². The summed E-state index contributed by atoms with van der Waals surface area (Å²) in [5.41, 5.74) is 7.65. The van der Waals surface area contributed by atoms with Crippen molar-refractivity contribution < 1.29 is 0 Å². The molecule has 0 saturated heterocycles. The van der Waals surface area contributed by atoms with Crippen LogP contribution in [-0.2, 0) is 6.42 Å². The molecule has 1 aromatic carbocycles. The Labute approximate surface area is 67.4 Å². The molecule has 0 radical (unpaired) electrons. The summed E-state index contributed by atoms with van der Waals surface area (Å²) in [6.45, 7) is 0.893. The first-order valence-electron chi connectivity index (χ1n) is 3.73. The van der Waals surface area contributed by atoms with Crippen molar-refractivity contribution in [3.63, 3.8) is 0 Å². The molecular formula is C9H13N2-. The summed E-state index contributed by atoms with van der Waals surface area (Å²) in [4.78, 5) is 0. The van der Waals surface area contributed by atoms with Gasteiger partial charge in [-0.25, -0.2) is 0 Å². The van der Waals surface area contributed by atoms with Crippen LogP contribution in [0.5, 0.6) is 0 Å². The normalized spacial score (nSPS) is 9.91. The molecule has 0 aliphatic carbocycles. The van der Waals surface area contributed by atoms with Crippen LogP contribution in [0.3, 0.4) is 0 Å². The molecule has 0 fully saturated rings. The fourth-order valence-corrected chi connectivity index (χ4v) is 0.925. The van der Waals surface area contributed by atoms with E-state index in [1.807, 2.05) is 31.3 Å². The summed E-state index contributed by atoms with van der Waals surface area (Å²) in [7, 11) is 1.83. The lowest BCUT2D eigenvalue weighted by Gasteiger charge is -2.09. The van der Waals surface area contributed by atoms with E-state index in [2.05, 4.69) is 5.32 Å². The molecule has 0 bridgehead atoms. The summed E-state index contributed by atoms with van der Waals surface area (Å²) in [5, 5.41) is 4.02. The minimum absolute atomic E-state index is 0.821. The average molecular weight is 149 g/mol. The van der Waals surface area contributed by atoms with Crippen molar-refractivity contribution in [2.45, 2.75) is 6.42 Å². The Hall–Kier alpha value is -1.02. The van der Waals surface area contributed by atoms with Crippen LogP contribution in [-0.4, -0.2) is 13.6 Å². The van der Waals surface area contributed by atoms with Crippen molar-refractivity contribution in [3.8, 4) is 0 Å². The SMILES string of the molecule is C[N-]CCc1ccc(N)cc1. The maximum Gasteiger partial charge on any atom is 0.0314 e. The van der Waals surface area contributed by atoms with E-state index >= 15 is 0 Å². The molecule has 1 aromatic rings. The van der Waals surface area contributed by atoms with Crippen LogP contribution in [0.15, 0.2) is 24.3 Å². The molecule has 2 N–H and O–H groups in total. The van der Waals surface area contributed by atoms with Gasteiger partial charge >= 0.3 is 0 Å². The highest BCUT2D eigenvalue weighted by Gasteiger charge is 1.87. The van der Waals surface area contributed by atoms with E-state index in [4.69, 9.17) is 5.73 Å². The number of hydrogen-bond acceptors (Lipinski definition) is 1. The predicted octanol–water partition coefficient (Wildman–Crippen LogP) is 1.81. The largest absolute Gasteiger partial charge is 0.665 e. The van der Waals surface area contributed by atoms with Crippen LogP contribution in [0, 0.1) is 0 Å². The van der Waals surface area contributed by atoms with Crippen LogP contribution in [0.1, 0.15) is 5.56 Å². The summed E-state index contributed by atoms with van der Waals surface area (Å²) >= 11 is 0. The van der Waals surface area contributed by atoms with Gasteiger partial charge < -0.3 is 11.1 Å². The van der Waals surface area contributed by atoms with Gasteiger partial charge in [0.05, 0.1) is 0 Å². The Morgan fingerprint density at radius 1 is 1.27 bits per heavy atom. The van der Waals surface area contributed by atoms with Crippen molar-refractivity contribution >= 4 is 5.69 Å². The van der Waals surface area contributed by atoms with Gasteiger partial charge in [0.25, 0.3) is 0 Å². The second kappa shape index (κ2) is 3.98. The number of benzene rings is 1. The lowest BCUT2D eigenvalue weighted by atomic mass is 10.1. The first-order chi connectivity index (χ1) is 5.33. The van der Waals surface area contributed by atoms with Crippen LogP contribution >= 0.6 is 0 Å². The highest BCUT2D eigenvalue weighted by molar-refractivity contribution is 5.39. The summed E-state index contributed by atoms with van der Waals surface area (Å²) in [5.74, 6) is 0. The number of rotatable bonds is 3. The van der Waals surface area contributed by atoms with Crippen molar-refractivity contribution in [1.29, 1.82) is 0 Å². The number of nitrogens with two attached hydrogens (primary N) is 1. The Kier molecular flexibility index (Phi) is 2.93. The smallest absolute Gasteiger partial charge is 0.0314 e. The number of nitrogens with zero attached hydrogens (tertiary/aromatic N) is 1. The zero-order valence-corrected chi connectivity index (χ0v) is 6.75. The minimum Gasteiger partial charge on any atom is -0.665 e. The van der Waals surface area contributed by atoms with Gasteiger partial charge in [0, 0.05) is 5.69 Å². The molecule has 11 heavy (non-hydrogen) atoms. The monoisotopic (exact) mass is 149 g/mol. The molecule has 0 aliphatic rings. The third kappa shape index (κ3) is 2.60. The molecule has 0 saturated carbocycles. The van der Waals surface area contributed by atoms with Gasteiger partial charge in [0.2, 0.25) is 0 Å². The van der Waals surface area contributed by atoms with E-state index < -0.39 is 0 Å². The van der Waals surface area contributed by atoms with Crippen molar-refractivity contribution in [2.75, 3.05) is 19.3 Å². The maximum absolute atomic E-state index is 5.53. The number of nitrogen functional groups attached to an aromatic ring is 1. The molecule has 0 aromatic heterocycles. The first kappa shape index (κ1) is 8.08. The zero-order chi connectivity index (χ0) is 8.10. The molecule has 0 spiro atoms. The van der Waals surface area contributed by atoms with Gasteiger partial charge in [0.15, 0.2) is 0 Å². The molecule has 0 heterocycles. The standard InChI is InChI=1S/C9H13N2/c1-11-7-6-8-2-4-9(10)5-3-8/h2-5H,6-7,10H2,1H3/q-1. The summed E-state index contributed by atoms with van der Waals surface area (Å²) < 4.78 is 0. The molecule has 0 amide bonds. The van der Waals surface area contributed by atoms with Crippen LogP contribution in [0.25, 0.3) is 5.32 Å². The van der Waals surface area contributed by atoms with Crippen LogP contribution in [0.2, 0.25) is 0 Å². The number of anilines is 1. The van der Waals surface area contributed by atoms with E-state index in [9.17, 15) is 0 Å². The van der Waals surface area contributed by atoms with Gasteiger partial charge in [-0.3, -0.25) is 0 Å². The Morgan fingerprint density at radius 2 is 1.91 bits per heavy atom. The highest BCUT2D eigenvalue weighted by atomic mass is 14.8. The molecule has 0 atom stereocenters. The lowest BCUT2D eigenvalue weighted by molar-refractivity contribution is 1.04. The van der Waals surface area contributed by atoms with Gasteiger partial charge in [0.1, 0.15) is 0 Å². The molecule has 2 heteroatoms. The first-order valence-corrected chi connectivity index (χ1v) is 3.73. The average Bonchev–Trinajstić information content (AvgIpc) is 2.04. The van der Waals surface area contributed by atoms with E-state index in [0.717, 1.165) is 18.7 Å². The molecule has 2 nitrogen and oxygen atoms in total. The molecule has 60 valence electrons. The quantitative estimate of drug-likeness (QED) is 0.654. The molecule has 1 rings (SSSR count). The van der Waals surface area contributed by atoms with E-state index in [-0.39, 0.29) is 0 Å². The third-order valence-electron chi connectivity index (χ3n) is 1.60. The van der Waals surface area contributed by atoms with E-state index in [1.54, 1.807) is 0 Å². The van der Waals surface area contributed by atoms with Crippen LogP contribution < -0.4 is 5.73 Å². The van der Waals surface area contributed by atoms with Crippen molar-refractivity contribution in [1.82, 2.24) is 0 Å². The van der Waals surface area contributed by atoms with E-state index in [1.165, 1.54) is 5.56 Å². The molecule has 0 unspecified atom stereocenters. The minimum atomic E-state index is 0.821. The fraction of sp³-hybridized carbons (Fsp3) is 0.333. The number of hydrogen-bond donors (Lipinski definition) is 1. The Bertz CT molecular complexity index is 203. The maximum atomic E-state index is 5.53. The predicted molar refractivity (Wildman–Crippen MR) is 48.7 cm³/mol. The fourth-order valence-electron chi connectivity index (χ4n) is 0.925. The molecular weight excluding hydrogens is 136 g/mol. The third-order valence-corrected chi connectivity index (χ3v) is 1.60. The van der Waals surface area contributed by atoms with Gasteiger partial charge in [-0.15, -0.1) is 6.54 Å². The lowest BCUT2D eigenvalue weighted by Crippen LogP contribution is -1.90. The Balaban J connectivity index is 2.52. The summed E-state index contributed by atoms with van der Waals surface area (Å²) in [6.07, 6.45) is 1.01. The van der Waals surface area contributed by atoms with Gasteiger partial charge in [-0.05, 0) is 24.1 Å². The molecule has 0 aliphatic heterocycles. The van der Waals surface area contributed by atoms with Gasteiger partial charge in [-0.2, -0.15) is 7.05 Å². The Morgan fingerprint density at radius 3 is 2.45 bits per heavy atom. The second-order valence-electron chi connectivity index (χ2n) is 2.53. The van der Waals surface area contributed by atoms with Crippen LogP contribution in [0.4, 0.5) is 5.69 Å². The van der Waals surface area contributed by atoms with Gasteiger partial charge in [-0.1, -0.05) is 12.1 Å². The zero-order valence-electron chi connectivity index (χ0n) is 6.75. The number of likely N-dealkylation sites (N-methyl/N-ethyl adjacent to an activating group) is 1. The van der Waals surface area contributed by atoms with Crippen molar-refractivity contribution in [2.24, 2.45) is 0 Å². The highest BCUT2D eigenvalue weighted by Crippen LogP contribution is 2.06. The summed E-state index contributed by atoms with van der Waals surface area (Å²) in [6, 6.07) is 7.93. The van der Waals surface area contributed by atoms with Crippen molar-refractivity contribution in [3.05, 3.63) is 35.1 Å². The topological polar surface area (TPSA) is 40.1 Å².